The van der Waals surface area contributed by atoms with Crippen molar-refractivity contribution in [3.63, 3.8) is 0 Å². The van der Waals surface area contributed by atoms with Crippen molar-refractivity contribution in [2.75, 3.05) is 0 Å². The largest absolute Gasteiger partial charge is 2.00 e. The number of phenolic OH excluding ortho intramolecular Hbond substituents is 2. The Morgan fingerprint density at radius 2 is 0.774 bits per heavy atom. The van der Waals surface area contributed by atoms with E-state index in [1.165, 1.54) is 0 Å². The number of phenols is 2. The van der Waals surface area contributed by atoms with E-state index in [0.717, 1.165) is 12.1 Å². The molecule has 0 amide bonds. The van der Waals surface area contributed by atoms with Gasteiger partial charge in [-0.1, -0.05) is 0 Å². The first-order valence-corrected chi connectivity index (χ1v) is 8.24. The molecule has 31 heavy (non-hydrogen) atoms. The van der Waals surface area contributed by atoms with Crippen molar-refractivity contribution < 1.29 is 62.8 Å². The average Bonchev–Trinajstić information content (AvgIpc) is 3.50. The van der Waals surface area contributed by atoms with Crippen LogP contribution >= 0.6 is 0 Å². The minimum Gasteiger partial charge on any atom is -0.505 e. The monoisotopic (exact) mass is 516 g/mol. The van der Waals surface area contributed by atoms with Crippen molar-refractivity contribution in [3.05, 3.63) is 120 Å². The summed E-state index contributed by atoms with van der Waals surface area (Å²) in [4.78, 5) is 0. The molecule has 0 aromatic heterocycles. The first kappa shape index (κ1) is 28.2. The summed E-state index contributed by atoms with van der Waals surface area (Å²) in [5.41, 5.74) is 0. The second kappa shape index (κ2) is 15.1. The van der Waals surface area contributed by atoms with Crippen molar-refractivity contribution in [1.82, 2.24) is 0 Å². The van der Waals surface area contributed by atoms with Gasteiger partial charge < -0.3 is 10.2 Å². The van der Waals surface area contributed by atoms with Gasteiger partial charge in [-0.2, -0.15) is 45.2 Å². The van der Waals surface area contributed by atoms with Crippen molar-refractivity contribution in [1.29, 1.82) is 0 Å². The van der Waals surface area contributed by atoms with Crippen LogP contribution in [0.1, 0.15) is 0 Å². The van der Waals surface area contributed by atoms with E-state index in [9.17, 15) is 26.3 Å². The number of benzene rings is 2. The third-order valence-corrected chi connectivity index (χ3v) is 3.14. The number of rotatable bonds is 0. The second-order valence-electron chi connectivity index (χ2n) is 5.31. The van der Waals surface area contributed by atoms with Crippen molar-refractivity contribution in [2.45, 2.75) is 0 Å². The summed E-state index contributed by atoms with van der Waals surface area (Å²) in [7, 11) is 0. The van der Waals surface area contributed by atoms with Gasteiger partial charge in [0.05, 0.1) is 0 Å². The van der Waals surface area contributed by atoms with E-state index in [0.29, 0.717) is 12.1 Å². The van der Waals surface area contributed by atoms with E-state index >= 15 is 0 Å². The van der Waals surface area contributed by atoms with Gasteiger partial charge in [0.25, 0.3) is 0 Å². The van der Waals surface area contributed by atoms with Crippen LogP contribution in [0.25, 0.3) is 0 Å². The van der Waals surface area contributed by atoms with E-state index in [4.69, 9.17) is 10.2 Å². The molecule has 0 bridgehead atoms. The summed E-state index contributed by atoms with van der Waals surface area (Å²) in [6.07, 6.45) is 0. The fraction of sp³-hybridized carbons (Fsp3) is 0. The molecule has 4 aromatic rings. The molecule has 162 valence electrons. The predicted molar refractivity (Wildman–Crippen MR) is 100 cm³/mol. The van der Waals surface area contributed by atoms with Crippen LogP contribution < -0.4 is 0 Å². The first-order chi connectivity index (χ1) is 14.3. The third kappa shape index (κ3) is 10.2. The van der Waals surface area contributed by atoms with Crippen LogP contribution in [0, 0.1) is 34.9 Å². The standard InChI is InChI=1S/2C6H3F3O.2C5H5.Zr/c2*7-3-1-2-4(10)6(9)5(3)8;2*1-2-4-5-3-1;/h2*1-2,10H;2*1-5H;/q;;2*-1;+2. The van der Waals surface area contributed by atoms with E-state index in [2.05, 4.69) is 0 Å². The van der Waals surface area contributed by atoms with Gasteiger partial charge in [-0.15, -0.1) is 0 Å². The quantitative estimate of drug-likeness (QED) is 0.160. The smallest absolute Gasteiger partial charge is 0.505 e. The summed E-state index contributed by atoms with van der Waals surface area (Å²) in [6, 6.07) is 22.8. The molecule has 0 unspecified atom stereocenters. The van der Waals surface area contributed by atoms with Gasteiger partial charge in [0.15, 0.2) is 34.8 Å². The molecule has 4 aromatic carbocycles. The maximum absolute atomic E-state index is 12.1. The van der Waals surface area contributed by atoms with Crippen molar-refractivity contribution in [2.24, 2.45) is 0 Å². The van der Waals surface area contributed by atoms with Gasteiger partial charge >= 0.3 is 26.2 Å². The summed E-state index contributed by atoms with van der Waals surface area (Å²) in [6.45, 7) is 0. The van der Waals surface area contributed by atoms with E-state index < -0.39 is 46.4 Å². The van der Waals surface area contributed by atoms with E-state index in [1.807, 2.05) is 60.7 Å². The van der Waals surface area contributed by atoms with Crippen LogP contribution in [0.2, 0.25) is 0 Å². The Hall–Kier alpha value is -2.80. The maximum Gasteiger partial charge on any atom is 2.00 e. The Morgan fingerprint density at radius 3 is 0.968 bits per heavy atom. The Bertz CT molecular complexity index is 820. The fourth-order valence-electron chi connectivity index (χ4n) is 1.67. The number of halogens is 6. The molecule has 9 heteroatoms. The summed E-state index contributed by atoms with van der Waals surface area (Å²) in [5, 5.41) is 16.9. The minimum absolute atomic E-state index is 0. The fourth-order valence-corrected chi connectivity index (χ4v) is 1.67. The first-order valence-electron chi connectivity index (χ1n) is 8.24. The van der Waals surface area contributed by atoms with Crippen molar-refractivity contribution in [3.8, 4) is 11.5 Å². The molecule has 0 radical (unpaired) electrons. The number of hydrogen-bond acceptors (Lipinski definition) is 2. The van der Waals surface area contributed by atoms with Gasteiger partial charge in [0, 0.05) is 0 Å². The normalized spacial score (nSPS) is 8.97. The van der Waals surface area contributed by atoms with Crippen LogP contribution in [0.15, 0.2) is 84.9 Å². The topological polar surface area (TPSA) is 40.5 Å². The van der Waals surface area contributed by atoms with Crippen LogP contribution in [-0.2, 0) is 26.2 Å². The van der Waals surface area contributed by atoms with Crippen LogP contribution in [-0.4, -0.2) is 10.2 Å². The van der Waals surface area contributed by atoms with Crippen molar-refractivity contribution >= 4 is 0 Å². The Kier molecular flexibility index (Phi) is 13.7. The van der Waals surface area contributed by atoms with E-state index in [-0.39, 0.29) is 26.2 Å². The van der Waals surface area contributed by atoms with Crippen LogP contribution in [0.5, 0.6) is 11.5 Å². The molecule has 4 rings (SSSR count). The summed E-state index contributed by atoms with van der Waals surface area (Å²) >= 11 is 0. The molecule has 0 heterocycles. The Morgan fingerprint density at radius 1 is 0.484 bits per heavy atom. The zero-order chi connectivity index (χ0) is 22.5. The third-order valence-electron chi connectivity index (χ3n) is 3.14. The molecule has 0 spiro atoms. The Balaban J connectivity index is 0.000000401. The number of hydrogen-bond donors (Lipinski definition) is 2. The molecule has 0 saturated carbocycles. The molecule has 0 atom stereocenters. The summed E-state index contributed by atoms with van der Waals surface area (Å²) < 4.78 is 72.5. The van der Waals surface area contributed by atoms with Crippen LogP contribution in [0.4, 0.5) is 26.3 Å². The molecular formula is C22H16F6O2Zr. The van der Waals surface area contributed by atoms with Gasteiger partial charge in [-0.25, -0.2) is 41.8 Å². The van der Waals surface area contributed by atoms with Crippen LogP contribution in [0.3, 0.4) is 0 Å². The molecule has 2 N–H and O–H groups in total. The molecule has 0 saturated heterocycles. The van der Waals surface area contributed by atoms with E-state index in [1.54, 1.807) is 0 Å². The molecule has 2 nitrogen and oxygen atoms in total. The van der Waals surface area contributed by atoms with Gasteiger partial charge in [0.1, 0.15) is 0 Å². The molecule has 0 fully saturated rings. The average molecular weight is 518 g/mol. The molecular weight excluding hydrogens is 501 g/mol. The maximum atomic E-state index is 12.1. The second-order valence-corrected chi connectivity index (χ2v) is 5.31. The SMILES string of the molecule is Oc1ccc(F)c(F)c1F.Oc1ccc(F)c(F)c1F.[Zr+2].c1cc[cH-]c1.c1cc[cH-]c1. The van der Waals surface area contributed by atoms with Gasteiger partial charge in [-0.3, -0.25) is 0 Å². The number of aromatic hydroxyl groups is 2. The Labute approximate surface area is 193 Å². The predicted octanol–water partition coefficient (Wildman–Crippen LogP) is 6.43. The molecule has 0 aliphatic heterocycles. The van der Waals surface area contributed by atoms with Gasteiger partial charge in [0.2, 0.25) is 11.6 Å². The molecule has 0 aliphatic carbocycles. The van der Waals surface area contributed by atoms with Gasteiger partial charge in [-0.05, 0) is 24.3 Å². The molecule has 0 aliphatic rings. The minimum atomic E-state index is -1.65. The zero-order valence-corrected chi connectivity index (χ0v) is 18.2. The summed E-state index contributed by atoms with van der Waals surface area (Å²) in [5.74, 6) is -10.8. The zero-order valence-electron chi connectivity index (χ0n) is 15.7.